The molecule has 12 rings (SSSR count). The van der Waals surface area contributed by atoms with Gasteiger partial charge in [0.05, 0.1) is 10.7 Å². The minimum atomic E-state index is -0.107. The Balaban J connectivity index is 1.28. The lowest BCUT2D eigenvalue weighted by molar-refractivity contribution is 0.332. The van der Waals surface area contributed by atoms with Gasteiger partial charge in [-0.3, -0.25) is 0 Å². The monoisotopic (exact) mass is 989 g/mol. The van der Waals surface area contributed by atoms with E-state index in [0.29, 0.717) is 0 Å². The molecule has 2 aliphatic carbocycles. The van der Waals surface area contributed by atoms with Crippen molar-refractivity contribution >= 4 is 66.9 Å². The molecule has 7 aromatic carbocycles. The fourth-order valence-electron chi connectivity index (χ4n) is 13.7. The van der Waals surface area contributed by atoms with Crippen molar-refractivity contribution in [2.24, 2.45) is 0 Å². The molecule has 2 aliphatic heterocycles. The van der Waals surface area contributed by atoms with E-state index >= 15 is 0 Å². The second-order valence-corrected chi connectivity index (χ2v) is 28.7. The van der Waals surface area contributed by atoms with Crippen LogP contribution in [-0.4, -0.2) is 6.85 Å². The highest BCUT2D eigenvalue weighted by Crippen LogP contribution is 2.56. The van der Waals surface area contributed by atoms with Gasteiger partial charge in [-0.25, -0.2) is 0 Å². The van der Waals surface area contributed by atoms with Crippen LogP contribution in [0.4, 0.5) is 27.8 Å². The van der Waals surface area contributed by atoms with E-state index in [1.165, 1.54) is 152 Å². The zero-order valence-electron chi connectivity index (χ0n) is 47.3. The van der Waals surface area contributed by atoms with E-state index in [4.69, 9.17) is 0 Å². The number of thiophene rings is 1. The maximum atomic E-state index is 2.81. The van der Waals surface area contributed by atoms with E-state index in [0.717, 1.165) is 0 Å². The lowest BCUT2D eigenvalue weighted by Gasteiger charge is -2.47. The Morgan fingerprint density at radius 2 is 1.01 bits per heavy atom. The Morgan fingerprint density at radius 1 is 0.459 bits per heavy atom. The first-order valence-electron chi connectivity index (χ1n) is 27.7. The molecule has 1 aromatic heterocycles. The molecule has 0 amide bonds. The first kappa shape index (κ1) is 49.1. The number of rotatable bonds is 4. The van der Waals surface area contributed by atoms with E-state index in [2.05, 4.69) is 248 Å². The lowest BCUT2D eigenvalue weighted by Crippen LogP contribution is -2.61. The molecule has 0 spiro atoms. The summed E-state index contributed by atoms with van der Waals surface area (Å²) in [4.78, 5) is 5.55. The summed E-state index contributed by atoms with van der Waals surface area (Å²) in [6.07, 6.45) is 4.71. The SMILES string of the molecule is Cc1cccc(C)c1-c1cc2c3c(c1)N(c1ccc(C(C)(C)C)cc1-c1ccccc1)c1sc4cc5c(cc4c1B3N(c1ccc3c(c1)C(C)(C)CCC3(C)C)c1ccc(C(C)(C)C)cc1-2)C(C)(C)CCC5(C)C. The number of nitrogens with zero attached hydrogens (tertiary/aromatic N) is 2. The number of anilines is 5. The van der Waals surface area contributed by atoms with E-state index in [1.807, 2.05) is 11.3 Å². The summed E-state index contributed by atoms with van der Waals surface area (Å²) < 4.78 is 1.38. The average molecular weight is 989 g/mol. The van der Waals surface area contributed by atoms with E-state index in [1.54, 1.807) is 0 Å². The molecule has 4 aliphatic rings. The third-order valence-corrected chi connectivity index (χ3v) is 19.7. The molecule has 0 saturated heterocycles. The second kappa shape index (κ2) is 16.3. The molecule has 376 valence electrons. The quantitative estimate of drug-likeness (QED) is 0.162. The van der Waals surface area contributed by atoms with Crippen LogP contribution in [0, 0.1) is 13.8 Å². The van der Waals surface area contributed by atoms with Gasteiger partial charge in [-0.05, 0) is 216 Å². The molecule has 0 unspecified atom stereocenters. The molecule has 3 heterocycles. The van der Waals surface area contributed by atoms with Gasteiger partial charge >= 0.3 is 6.85 Å². The number of fused-ring (bicyclic) bond motifs is 8. The van der Waals surface area contributed by atoms with Crippen LogP contribution in [0.5, 0.6) is 0 Å². The normalized spacial score (nSPS) is 17.9. The zero-order valence-corrected chi connectivity index (χ0v) is 48.1. The summed E-state index contributed by atoms with van der Waals surface area (Å²) in [6.45, 7) is 38.5. The summed E-state index contributed by atoms with van der Waals surface area (Å²) in [5.41, 5.74) is 27.1. The molecule has 0 atom stereocenters. The Hall–Kier alpha value is -5.84. The number of aryl methyl sites for hydroxylation is 2. The van der Waals surface area contributed by atoms with E-state index < -0.39 is 0 Å². The molecule has 0 N–H and O–H groups in total. The predicted molar refractivity (Wildman–Crippen MR) is 324 cm³/mol. The molecular formula is C70H77BN2S. The van der Waals surface area contributed by atoms with Gasteiger partial charge in [0.1, 0.15) is 0 Å². The maximum absolute atomic E-state index is 2.81. The van der Waals surface area contributed by atoms with Crippen molar-refractivity contribution in [2.45, 2.75) is 169 Å². The third kappa shape index (κ3) is 7.53. The summed E-state index contributed by atoms with van der Waals surface area (Å²) >= 11 is 2.02. The Morgan fingerprint density at radius 3 is 1.62 bits per heavy atom. The standard InChI is InChI=1S/C70H77BN2S/c1-42-21-20-22-43(2)61(42)45-35-51-50-38-47(66(6,7)8)26-30-58(50)73(48-27-28-53-54(39-48)68(11,12)32-31-67(53,9)10)71-62(51)59(36-45)72(57-29-25-46(65(3,4)5)37-49(57)44-23-18-17-19-24-44)64-63(71)52-40-55-56(41-60(52)74-64)70(15,16)34-33-69(55,13)14/h17-30,35-41H,31-34H2,1-16H3. The Kier molecular flexibility index (Phi) is 10.8. The Labute approximate surface area is 448 Å². The van der Waals surface area contributed by atoms with E-state index in [-0.39, 0.29) is 39.3 Å². The van der Waals surface area contributed by atoms with Crippen molar-refractivity contribution in [3.8, 4) is 33.4 Å². The first-order valence-corrected chi connectivity index (χ1v) is 28.5. The highest BCUT2D eigenvalue weighted by Gasteiger charge is 2.49. The summed E-state index contributed by atoms with van der Waals surface area (Å²) in [6, 6.07) is 51.0. The molecule has 74 heavy (non-hydrogen) atoms. The minimum absolute atomic E-state index is 0.0361. The van der Waals surface area contributed by atoms with Gasteiger partial charge in [-0.2, -0.15) is 0 Å². The molecule has 0 radical (unpaired) electrons. The largest absolute Gasteiger partial charge is 0.376 e. The first-order chi connectivity index (χ1) is 34.7. The van der Waals surface area contributed by atoms with Crippen molar-refractivity contribution in [3.05, 3.63) is 172 Å². The zero-order chi connectivity index (χ0) is 52.4. The van der Waals surface area contributed by atoms with Crippen LogP contribution in [-0.2, 0) is 32.5 Å². The summed E-state index contributed by atoms with van der Waals surface area (Å²) in [5.74, 6) is 0. The van der Waals surface area contributed by atoms with Crippen molar-refractivity contribution in [2.75, 3.05) is 9.71 Å². The average Bonchev–Trinajstić information content (AvgIpc) is 3.73. The molecular weight excluding hydrogens is 912 g/mol. The number of hydrogen-bond acceptors (Lipinski definition) is 3. The van der Waals surface area contributed by atoms with Crippen molar-refractivity contribution in [1.29, 1.82) is 0 Å². The number of benzene rings is 7. The molecule has 4 heteroatoms. The van der Waals surface area contributed by atoms with E-state index in [9.17, 15) is 0 Å². The van der Waals surface area contributed by atoms with Crippen LogP contribution in [0.2, 0.25) is 0 Å². The van der Waals surface area contributed by atoms with Crippen molar-refractivity contribution < 1.29 is 0 Å². The van der Waals surface area contributed by atoms with Gasteiger partial charge in [0.15, 0.2) is 0 Å². The summed E-state index contributed by atoms with van der Waals surface area (Å²) in [5, 5.41) is 2.71. The Bertz CT molecular complexity index is 3600. The molecule has 2 nitrogen and oxygen atoms in total. The third-order valence-electron chi connectivity index (χ3n) is 18.6. The fraction of sp³-hybridized carbons (Fsp3) is 0.371. The van der Waals surface area contributed by atoms with Crippen LogP contribution in [0.1, 0.15) is 167 Å². The minimum Gasteiger partial charge on any atom is -0.376 e. The van der Waals surface area contributed by atoms with Crippen molar-refractivity contribution in [1.82, 2.24) is 0 Å². The maximum Gasteiger partial charge on any atom is 0.334 e. The van der Waals surface area contributed by atoms with Gasteiger partial charge in [0.2, 0.25) is 0 Å². The summed E-state index contributed by atoms with van der Waals surface area (Å²) in [7, 11) is 0. The predicted octanol–water partition coefficient (Wildman–Crippen LogP) is 18.9. The van der Waals surface area contributed by atoms with Gasteiger partial charge in [0.25, 0.3) is 0 Å². The van der Waals surface area contributed by atoms with Crippen molar-refractivity contribution in [3.63, 3.8) is 0 Å². The fourth-order valence-corrected chi connectivity index (χ4v) is 15.0. The molecule has 0 bridgehead atoms. The van der Waals surface area contributed by atoms with Gasteiger partial charge in [-0.15, -0.1) is 11.3 Å². The van der Waals surface area contributed by atoms with Crippen LogP contribution in [0.15, 0.2) is 127 Å². The lowest BCUT2D eigenvalue weighted by atomic mass is 9.43. The van der Waals surface area contributed by atoms with Gasteiger partial charge < -0.3 is 9.71 Å². The van der Waals surface area contributed by atoms with Crippen LogP contribution < -0.4 is 20.6 Å². The smallest absolute Gasteiger partial charge is 0.334 e. The second-order valence-electron chi connectivity index (χ2n) is 27.6. The van der Waals surface area contributed by atoms with Gasteiger partial charge in [-0.1, -0.05) is 164 Å². The van der Waals surface area contributed by atoms with Crippen LogP contribution >= 0.6 is 11.3 Å². The molecule has 8 aromatic rings. The number of hydrogen-bond donors (Lipinski definition) is 0. The highest BCUT2D eigenvalue weighted by molar-refractivity contribution is 7.26. The highest BCUT2D eigenvalue weighted by atomic mass is 32.1. The van der Waals surface area contributed by atoms with Gasteiger partial charge in [0, 0.05) is 32.9 Å². The molecule has 0 saturated carbocycles. The topological polar surface area (TPSA) is 6.48 Å². The van der Waals surface area contributed by atoms with Crippen LogP contribution in [0.25, 0.3) is 43.5 Å². The molecule has 0 fully saturated rings. The van der Waals surface area contributed by atoms with Crippen LogP contribution in [0.3, 0.4) is 0 Å².